The molecule has 1 aromatic heterocycles. The van der Waals surface area contributed by atoms with Crippen LogP contribution in [0.3, 0.4) is 0 Å². The first-order chi connectivity index (χ1) is 25.3. The number of esters is 3. The van der Waals surface area contributed by atoms with Crippen LogP contribution in [0.2, 0.25) is 0 Å². The van der Waals surface area contributed by atoms with Crippen LogP contribution in [0.5, 0.6) is 17.2 Å². The molecular formula is C43H46N2O8S. The molecule has 0 aliphatic heterocycles. The van der Waals surface area contributed by atoms with E-state index in [-0.39, 0.29) is 11.3 Å². The first-order valence-electron chi connectivity index (χ1n) is 17.2. The number of carbonyl (C=O) groups is 3. The van der Waals surface area contributed by atoms with Crippen LogP contribution >= 0.6 is 11.3 Å². The molecule has 0 atom stereocenters. The van der Waals surface area contributed by atoms with E-state index in [1.807, 2.05) is 52.0 Å². The van der Waals surface area contributed by atoms with Crippen molar-refractivity contribution in [2.24, 2.45) is 4.99 Å². The number of thiazole rings is 1. The lowest BCUT2D eigenvalue weighted by Gasteiger charge is -2.35. The Morgan fingerprint density at radius 2 is 1.31 bits per heavy atom. The lowest BCUT2D eigenvalue weighted by molar-refractivity contribution is -0.155. The van der Waals surface area contributed by atoms with E-state index in [1.54, 1.807) is 70.2 Å². The summed E-state index contributed by atoms with van der Waals surface area (Å²) in [6.45, 7) is 21.7. The number of carbonyl (C=O) groups excluding carboxylic acids is 3. The third-order valence-corrected chi connectivity index (χ3v) is 8.53. The summed E-state index contributed by atoms with van der Waals surface area (Å²) in [5, 5.41) is 0.620. The fraction of sp³-hybridized carbons (Fsp3) is 0.326. The number of fused-ring (bicyclic) bond motifs is 1. The van der Waals surface area contributed by atoms with Gasteiger partial charge in [-0.1, -0.05) is 25.3 Å². The van der Waals surface area contributed by atoms with Crippen LogP contribution < -0.4 is 14.2 Å². The molecule has 0 N–H and O–H groups in total. The van der Waals surface area contributed by atoms with Gasteiger partial charge in [-0.25, -0.2) is 24.4 Å². The average Bonchev–Trinajstić information content (AvgIpc) is 3.49. The van der Waals surface area contributed by atoms with Crippen molar-refractivity contribution in [3.05, 3.63) is 108 Å². The summed E-state index contributed by atoms with van der Waals surface area (Å²) >= 11 is 1.46. The summed E-state index contributed by atoms with van der Waals surface area (Å²) in [4.78, 5) is 45.9. The second kappa shape index (κ2) is 16.9. The van der Waals surface area contributed by atoms with Gasteiger partial charge >= 0.3 is 17.9 Å². The Hall–Kier alpha value is -5.73. The number of aromatic nitrogens is 1. The largest absolute Gasteiger partial charge is 0.488 e. The Labute approximate surface area is 320 Å². The Morgan fingerprint density at radius 3 is 1.89 bits per heavy atom. The smallest absolute Gasteiger partial charge is 0.343 e. The summed E-state index contributed by atoms with van der Waals surface area (Å²) < 4.78 is 30.4. The predicted octanol–water partition coefficient (Wildman–Crippen LogP) is 9.05. The molecule has 0 unspecified atom stereocenters. The maximum atomic E-state index is 13.4. The molecule has 0 radical (unpaired) electrons. The van der Waals surface area contributed by atoms with Gasteiger partial charge in [0.05, 0.1) is 15.8 Å². The van der Waals surface area contributed by atoms with Crippen LogP contribution in [0, 0.1) is 12.0 Å². The SMILES string of the molecule is C=CC(=O)OC(C)(C)CC(C)(C)Oc1ccc(C(=O)Oc2ccc(OC(C)(C)CC(C)(C)OC(=O)C=C)cc2C=NC#Cc2nc3ccccc3s2)cc1. The van der Waals surface area contributed by atoms with Gasteiger partial charge in [0.1, 0.15) is 39.7 Å². The topological polar surface area (TPSA) is 123 Å². The van der Waals surface area contributed by atoms with Gasteiger partial charge in [-0.2, -0.15) is 0 Å². The van der Waals surface area contributed by atoms with Gasteiger partial charge in [0, 0.05) is 42.8 Å². The molecule has 3 aromatic carbocycles. The summed E-state index contributed by atoms with van der Waals surface area (Å²) in [7, 11) is 0. The molecule has 54 heavy (non-hydrogen) atoms. The van der Waals surface area contributed by atoms with Crippen LogP contribution in [0.4, 0.5) is 0 Å². The Morgan fingerprint density at radius 1 is 0.759 bits per heavy atom. The second-order valence-electron chi connectivity index (χ2n) is 14.9. The molecular weight excluding hydrogens is 705 g/mol. The van der Waals surface area contributed by atoms with Crippen molar-refractivity contribution in [3.63, 3.8) is 0 Å². The van der Waals surface area contributed by atoms with Gasteiger partial charge in [0.15, 0.2) is 5.01 Å². The number of para-hydroxylation sites is 1. The monoisotopic (exact) mass is 750 g/mol. The standard InChI is InChI=1S/C43H46N2O8S/c1-11-37(46)52-42(7,8)27-40(3,4)50-31-19-17-29(18-20-31)39(48)49-34-22-21-32(51-41(5,6)28-43(9,10)53-38(47)12-2)25-30(34)26-44-24-23-36-45-33-15-13-14-16-35(33)54-36/h11-22,25-26H,1-2,27-28H2,3-10H3. The molecule has 0 saturated heterocycles. The van der Waals surface area contributed by atoms with Crippen molar-refractivity contribution >= 4 is 45.7 Å². The summed E-state index contributed by atoms with van der Waals surface area (Å²) in [6.07, 6.45) is 4.51. The van der Waals surface area contributed by atoms with E-state index in [0.717, 1.165) is 22.4 Å². The highest BCUT2D eigenvalue weighted by atomic mass is 32.1. The molecule has 0 fully saturated rings. The number of hydrogen-bond acceptors (Lipinski definition) is 11. The van der Waals surface area contributed by atoms with Gasteiger partial charge in [0.25, 0.3) is 0 Å². The average molecular weight is 751 g/mol. The third-order valence-electron chi connectivity index (χ3n) is 7.58. The van der Waals surface area contributed by atoms with Crippen LogP contribution in [0.15, 0.2) is 97.0 Å². The van der Waals surface area contributed by atoms with E-state index in [9.17, 15) is 14.4 Å². The molecule has 282 valence electrons. The van der Waals surface area contributed by atoms with E-state index in [2.05, 4.69) is 35.1 Å². The Kier molecular flexibility index (Phi) is 12.9. The van der Waals surface area contributed by atoms with Crippen molar-refractivity contribution in [1.82, 2.24) is 4.98 Å². The fourth-order valence-corrected chi connectivity index (χ4v) is 6.98. The number of hydrogen-bond donors (Lipinski definition) is 0. The van der Waals surface area contributed by atoms with Crippen LogP contribution in [-0.4, -0.2) is 51.5 Å². The van der Waals surface area contributed by atoms with Crippen molar-refractivity contribution in [2.75, 3.05) is 0 Å². The van der Waals surface area contributed by atoms with Gasteiger partial charge in [-0.15, -0.1) is 11.3 Å². The van der Waals surface area contributed by atoms with Gasteiger partial charge in [0.2, 0.25) is 0 Å². The second-order valence-corrected chi connectivity index (χ2v) is 16.0. The molecule has 0 bridgehead atoms. The number of benzene rings is 3. The van der Waals surface area contributed by atoms with Crippen molar-refractivity contribution in [1.29, 1.82) is 0 Å². The summed E-state index contributed by atoms with van der Waals surface area (Å²) in [5.41, 5.74) is -1.52. The highest BCUT2D eigenvalue weighted by Crippen LogP contribution is 2.32. The normalized spacial score (nSPS) is 12.0. The molecule has 0 saturated carbocycles. The maximum absolute atomic E-state index is 13.4. The third kappa shape index (κ3) is 12.5. The lowest BCUT2D eigenvalue weighted by atomic mass is 9.92. The first-order valence-corrected chi connectivity index (χ1v) is 18.0. The van der Waals surface area contributed by atoms with Gasteiger partial charge < -0.3 is 23.7 Å². The van der Waals surface area contributed by atoms with Crippen molar-refractivity contribution in [2.45, 2.75) is 90.6 Å². The van der Waals surface area contributed by atoms with E-state index in [1.165, 1.54) is 17.6 Å². The van der Waals surface area contributed by atoms with Gasteiger partial charge in [-0.05, 0) is 116 Å². The number of nitrogens with zero attached hydrogens (tertiary/aromatic N) is 2. The number of ether oxygens (including phenoxy) is 5. The molecule has 1 heterocycles. The van der Waals surface area contributed by atoms with E-state index < -0.39 is 40.3 Å². The molecule has 0 aliphatic carbocycles. The summed E-state index contributed by atoms with van der Waals surface area (Å²) in [6, 6.07) is 22.1. The first kappa shape index (κ1) is 41.0. The van der Waals surface area contributed by atoms with Crippen molar-refractivity contribution in [3.8, 4) is 29.2 Å². The molecule has 0 aliphatic rings. The van der Waals surface area contributed by atoms with Crippen LogP contribution in [0.25, 0.3) is 10.2 Å². The lowest BCUT2D eigenvalue weighted by Crippen LogP contribution is -2.40. The fourth-order valence-electron chi connectivity index (χ4n) is 6.17. The molecule has 11 heteroatoms. The van der Waals surface area contributed by atoms with Crippen LogP contribution in [0.1, 0.15) is 89.2 Å². The molecule has 0 spiro atoms. The molecule has 10 nitrogen and oxygen atoms in total. The van der Waals surface area contributed by atoms with Gasteiger partial charge in [-0.3, -0.25) is 0 Å². The number of aliphatic imine (C=N–C) groups is 1. The zero-order valence-corrected chi connectivity index (χ0v) is 32.8. The minimum atomic E-state index is -0.835. The minimum absolute atomic E-state index is 0.230. The molecule has 4 aromatic rings. The van der Waals surface area contributed by atoms with E-state index in [4.69, 9.17) is 23.7 Å². The highest BCUT2D eigenvalue weighted by Gasteiger charge is 2.34. The quantitative estimate of drug-likeness (QED) is 0.0385. The number of rotatable bonds is 15. The Balaban J connectivity index is 1.54. The van der Waals surface area contributed by atoms with Crippen LogP contribution in [-0.2, 0) is 19.1 Å². The maximum Gasteiger partial charge on any atom is 0.343 e. The van der Waals surface area contributed by atoms with E-state index in [0.29, 0.717) is 34.9 Å². The zero-order valence-electron chi connectivity index (χ0n) is 32.0. The van der Waals surface area contributed by atoms with Crippen molar-refractivity contribution < 1.29 is 38.1 Å². The molecule has 4 rings (SSSR count). The summed E-state index contributed by atoms with van der Waals surface area (Å²) in [5.74, 6) is 2.55. The predicted molar refractivity (Wildman–Crippen MR) is 211 cm³/mol. The zero-order chi connectivity index (χ0) is 39.7. The Bertz CT molecular complexity index is 2080. The minimum Gasteiger partial charge on any atom is -0.488 e. The highest BCUT2D eigenvalue weighted by molar-refractivity contribution is 7.19. The van der Waals surface area contributed by atoms with E-state index >= 15 is 0 Å². The molecule has 0 amide bonds.